The van der Waals surface area contributed by atoms with Gasteiger partial charge in [0.25, 0.3) is 5.91 Å². The van der Waals surface area contributed by atoms with E-state index >= 15 is 0 Å². The minimum atomic E-state index is -5.08. The third-order valence-electron chi connectivity index (χ3n) is 6.67. The SMILES string of the molecule is COc1ccc(N2CCn3cc(-c4ccc(Cl)cc4)cc3C2=O)cc1OCCN1CCCC1.O=C(O)C(F)(F)F. The number of methoxy groups -OCH3 is 1. The number of fused-ring (bicyclic) bond motifs is 1. The lowest BCUT2D eigenvalue weighted by Crippen LogP contribution is -2.39. The van der Waals surface area contributed by atoms with E-state index in [1.54, 1.807) is 7.11 Å². The van der Waals surface area contributed by atoms with Crippen molar-refractivity contribution in [1.29, 1.82) is 0 Å². The summed E-state index contributed by atoms with van der Waals surface area (Å²) in [5.41, 5.74) is 3.55. The quantitative estimate of drug-likeness (QED) is 0.393. The minimum absolute atomic E-state index is 0.0188. The van der Waals surface area contributed by atoms with Gasteiger partial charge in [-0.05, 0) is 61.8 Å². The fourth-order valence-electron chi connectivity index (χ4n) is 4.61. The number of anilines is 1. The fraction of sp³-hybridized carbons (Fsp3) is 0.357. The van der Waals surface area contributed by atoms with Crippen molar-refractivity contribution in [3.63, 3.8) is 0 Å². The van der Waals surface area contributed by atoms with Gasteiger partial charge in [0.05, 0.1) is 7.11 Å². The molecule has 1 aromatic heterocycles. The molecule has 0 atom stereocenters. The van der Waals surface area contributed by atoms with E-state index in [9.17, 15) is 18.0 Å². The molecule has 1 fully saturated rings. The summed E-state index contributed by atoms with van der Waals surface area (Å²) in [5.74, 6) is -1.43. The predicted molar refractivity (Wildman–Crippen MR) is 144 cm³/mol. The van der Waals surface area contributed by atoms with Crippen molar-refractivity contribution >= 4 is 29.2 Å². The Morgan fingerprint density at radius 3 is 2.27 bits per heavy atom. The molecule has 40 heavy (non-hydrogen) atoms. The zero-order valence-corrected chi connectivity index (χ0v) is 22.5. The molecule has 2 aromatic carbocycles. The average Bonchev–Trinajstić information content (AvgIpc) is 3.60. The molecule has 12 heteroatoms. The Morgan fingerprint density at radius 1 is 0.975 bits per heavy atom. The number of aromatic nitrogens is 1. The van der Waals surface area contributed by atoms with E-state index in [0.717, 1.165) is 43.0 Å². The van der Waals surface area contributed by atoms with Crippen molar-refractivity contribution in [2.75, 3.05) is 44.8 Å². The molecular weight excluding hydrogens is 551 g/mol. The minimum Gasteiger partial charge on any atom is -0.493 e. The summed E-state index contributed by atoms with van der Waals surface area (Å²) in [6, 6.07) is 15.3. The van der Waals surface area contributed by atoms with Crippen LogP contribution >= 0.6 is 11.6 Å². The van der Waals surface area contributed by atoms with E-state index in [1.165, 1.54) is 12.8 Å². The number of carbonyl (C=O) groups excluding carboxylic acids is 1. The molecule has 214 valence electrons. The topological polar surface area (TPSA) is 84.2 Å². The van der Waals surface area contributed by atoms with E-state index in [1.807, 2.05) is 64.2 Å². The van der Waals surface area contributed by atoms with Gasteiger partial charge in [-0.3, -0.25) is 9.69 Å². The fourth-order valence-corrected chi connectivity index (χ4v) is 4.73. The second-order valence-electron chi connectivity index (χ2n) is 9.31. The number of benzene rings is 2. The lowest BCUT2D eigenvalue weighted by atomic mass is 10.1. The first kappa shape index (κ1) is 29.3. The van der Waals surface area contributed by atoms with Crippen molar-refractivity contribution in [3.8, 4) is 22.6 Å². The van der Waals surface area contributed by atoms with Gasteiger partial charge in [0.1, 0.15) is 12.3 Å². The predicted octanol–water partition coefficient (Wildman–Crippen LogP) is 5.59. The van der Waals surface area contributed by atoms with Gasteiger partial charge < -0.3 is 24.0 Å². The average molecular weight is 580 g/mol. The van der Waals surface area contributed by atoms with Crippen molar-refractivity contribution in [3.05, 3.63) is 65.4 Å². The Bertz CT molecular complexity index is 1340. The molecule has 5 rings (SSSR count). The maximum absolute atomic E-state index is 13.4. The van der Waals surface area contributed by atoms with E-state index in [-0.39, 0.29) is 5.91 Å². The van der Waals surface area contributed by atoms with Crippen LogP contribution in [-0.4, -0.2) is 72.5 Å². The van der Waals surface area contributed by atoms with Crippen LogP contribution in [0.4, 0.5) is 18.9 Å². The monoisotopic (exact) mass is 579 g/mol. The second kappa shape index (κ2) is 12.6. The zero-order chi connectivity index (χ0) is 28.9. The molecular formula is C28H29ClF3N3O5. The summed E-state index contributed by atoms with van der Waals surface area (Å²) in [6.07, 6.45) is -0.524. The Hall–Kier alpha value is -3.70. The molecule has 0 radical (unpaired) electrons. The van der Waals surface area contributed by atoms with Crippen molar-refractivity contribution in [2.45, 2.75) is 25.6 Å². The van der Waals surface area contributed by atoms with Gasteiger partial charge in [-0.2, -0.15) is 13.2 Å². The number of aliphatic carboxylic acids is 1. The number of halogens is 4. The molecule has 8 nitrogen and oxygen atoms in total. The number of likely N-dealkylation sites (tertiary alicyclic amines) is 1. The largest absolute Gasteiger partial charge is 0.493 e. The number of carboxylic acid groups (broad SMARTS) is 1. The standard InChI is InChI=1S/C26H28ClN3O3.C2HF3O2/c1-32-24-9-8-22(17-25(24)33-15-14-28-10-2-3-11-28)30-13-12-29-18-20(16-23(29)26(30)31)19-4-6-21(27)7-5-19;3-2(4,5)1(6)7/h4-9,16-18H,2-3,10-15H2,1H3;(H,6,7). The number of alkyl halides is 3. The number of nitrogens with zero attached hydrogens (tertiary/aromatic N) is 3. The highest BCUT2D eigenvalue weighted by Gasteiger charge is 2.38. The van der Waals surface area contributed by atoms with Crippen LogP contribution in [-0.2, 0) is 11.3 Å². The van der Waals surface area contributed by atoms with Gasteiger partial charge in [-0.1, -0.05) is 23.7 Å². The molecule has 0 unspecified atom stereocenters. The molecule has 1 N–H and O–H groups in total. The summed E-state index contributed by atoms with van der Waals surface area (Å²) in [4.78, 5) is 26.5. The Labute approximate surface area is 234 Å². The van der Waals surface area contributed by atoms with Gasteiger partial charge in [0.15, 0.2) is 11.5 Å². The molecule has 2 aliphatic rings. The highest BCUT2D eigenvalue weighted by atomic mass is 35.5. The van der Waals surface area contributed by atoms with Gasteiger partial charge in [0, 0.05) is 48.2 Å². The number of rotatable bonds is 7. The lowest BCUT2D eigenvalue weighted by molar-refractivity contribution is -0.192. The number of carboxylic acids is 1. The van der Waals surface area contributed by atoms with Crippen molar-refractivity contribution < 1.29 is 37.3 Å². The molecule has 0 saturated carbocycles. The zero-order valence-electron chi connectivity index (χ0n) is 21.8. The number of ether oxygens (including phenoxy) is 2. The van der Waals surface area contributed by atoms with Gasteiger partial charge >= 0.3 is 12.1 Å². The molecule has 0 aliphatic carbocycles. The van der Waals surface area contributed by atoms with Crippen LogP contribution in [0.2, 0.25) is 5.02 Å². The Balaban J connectivity index is 0.000000470. The molecule has 0 bridgehead atoms. The van der Waals surface area contributed by atoms with Crippen LogP contribution in [0.25, 0.3) is 11.1 Å². The van der Waals surface area contributed by atoms with Crippen LogP contribution in [0.5, 0.6) is 11.5 Å². The summed E-state index contributed by atoms with van der Waals surface area (Å²) in [7, 11) is 1.64. The number of hydrogen-bond acceptors (Lipinski definition) is 5. The highest BCUT2D eigenvalue weighted by Crippen LogP contribution is 2.34. The Morgan fingerprint density at radius 2 is 1.65 bits per heavy atom. The van der Waals surface area contributed by atoms with Crippen LogP contribution in [0.15, 0.2) is 54.7 Å². The van der Waals surface area contributed by atoms with E-state index in [0.29, 0.717) is 35.4 Å². The first-order valence-corrected chi connectivity index (χ1v) is 13.1. The van der Waals surface area contributed by atoms with Crippen LogP contribution in [0.3, 0.4) is 0 Å². The van der Waals surface area contributed by atoms with Crippen molar-refractivity contribution in [2.24, 2.45) is 0 Å². The first-order chi connectivity index (χ1) is 19.1. The third kappa shape index (κ3) is 7.08. The van der Waals surface area contributed by atoms with Gasteiger partial charge in [-0.15, -0.1) is 0 Å². The number of carbonyl (C=O) groups is 2. The second-order valence-corrected chi connectivity index (χ2v) is 9.74. The van der Waals surface area contributed by atoms with E-state index in [4.69, 9.17) is 31.0 Å². The van der Waals surface area contributed by atoms with Crippen LogP contribution < -0.4 is 14.4 Å². The molecule has 2 aliphatic heterocycles. The highest BCUT2D eigenvalue weighted by molar-refractivity contribution is 6.30. The maximum Gasteiger partial charge on any atom is 0.490 e. The summed E-state index contributed by atoms with van der Waals surface area (Å²) in [5, 5.41) is 7.82. The Kier molecular flexibility index (Phi) is 9.26. The molecule has 0 spiro atoms. The van der Waals surface area contributed by atoms with Gasteiger partial charge in [0.2, 0.25) is 0 Å². The maximum atomic E-state index is 13.4. The lowest BCUT2D eigenvalue weighted by Gasteiger charge is -2.29. The van der Waals surface area contributed by atoms with Gasteiger partial charge in [-0.25, -0.2) is 4.79 Å². The van der Waals surface area contributed by atoms with E-state index < -0.39 is 12.1 Å². The summed E-state index contributed by atoms with van der Waals surface area (Å²) >= 11 is 6.02. The third-order valence-corrected chi connectivity index (χ3v) is 6.92. The van der Waals surface area contributed by atoms with Crippen LogP contribution in [0.1, 0.15) is 23.3 Å². The number of hydrogen-bond donors (Lipinski definition) is 1. The summed E-state index contributed by atoms with van der Waals surface area (Å²) in [6.45, 7) is 5.10. The summed E-state index contributed by atoms with van der Waals surface area (Å²) < 4.78 is 45.3. The smallest absolute Gasteiger partial charge is 0.490 e. The van der Waals surface area contributed by atoms with E-state index in [2.05, 4.69) is 4.90 Å². The normalized spacial score (nSPS) is 15.3. The molecule has 1 amide bonds. The first-order valence-electron chi connectivity index (χ1n) is 12.7. The number of amides is 1. The van der Waals surface area contributed by atoms with Crippen molar-refractivity contribution in [1.82, 2.24) is 9.47 Å². The molecule has 1 saturated heterocycles. The van der Waals surface area contributed by atoms with Crippen LogP contribution in [0, 0.1) is 0 Å². The molecule has 3 aromatic rings. The molecule has 3 heterocycles.